The minimum absolute atomic E-state index is 0.169. The van der Waals surface area contributed by atoms with Crippen molar-refractivity contribution in [1.82, 2.24) is 5.32 Å². The molecule has 0 aliphatic heterocycles. The number of rotatable bonds is 6. The fourth-order valence-corrected chi connectivity index (χ4v) is 1.30. The van der Waals surface area contributed by atoms with E-state index in [0.29, 0.717) is 0 Å². The van der Waals surface area contributed by atoms with Gasteiger partial charge in [0.1, 0.15) is 6.04 Å². The fraction of sp³-hybridized carbons (Fsp3) is 0.273. The highest BCUT2D eigenvalue weighted by Crippen LogP contribution is 2.01. The maximum atomic E-state index is 10.8. The summed E-state index contributed by atoms with van der Waals surface area (Å²) in [5, 5.41) is 29.0. The van der Waals surface area contributed by atoms with Gasteiger partial charge < -0.3 is 15.3 Å². The Morgan fingerprint density at radius 1 is 1.12 bits per heavy atom. The van der Waals surface area contributed by atoms with Gasteiger partial charge in [0, 0.05) is 6.54 Å². The molecule has 92 valence electrons. The molecule has 0 aliphatic rings. The zero-order valence-corrected chi connectivity index (χ0v) is 8.91. The summed E-state index contributed by atoms with van der Waals surface area (Å²) in [6.07, 6.45) is -1.98. The highest BCUT2D eigenvalue weighted by atomic mass is 16.4. The first-order chi connectivity index (χ1) is 8.02. The third-order valence-corrected chi connectivity index (χ3v) is 2.20. The van der Waals surface area contributed by atoms with Crippen LogP contribution in [0.15, 0.2) is 30.3 Å². The second-order valence-electron chi connectivity index (χ2n) is 3.47. The first-order valence-electron chi connectivity index (χ1n) is 4.93. The van der Waals surface area contributed by atoms with E-state index >= 15 is 0 Å². The van der Waals surface area contributed by atoms with Gasteiger partial charge in [-0.1, -0.05) is 30.3 Å². The number of hydrogen-bond donors (Lipinski definition) is 4. The van der Waals surface area contributed by atoms with Crippen LogP contribution in [0.25, 0.3) is 0 Å². The molecule has 0 bridgehead atoms. The molecular weight excluding hydrogens is 226 g/mol. The largest absolute Gasteiger partial charge is 0.480 e. The Balaban J connectivity index is 2.63. The number of nitrogens with one attached hydrogen (secondary N) is 1. The number of benzene rings is 1. The van der Waals surface area contributed by atoms with Gasteiger partial charge in [0.2, 0.25) is 0 Å². The van der Waals surface area contributed by atoms with Gasteiger partial charge in [-0.2, -0.15) is 0 Å². The van der Waals surface area contributed by atoms with E-state index in [9.17, 15) is 14.7 Å². The minimum atomic E-state index is -1.98. The van der Waals surface area contributed by atoms with Gasteiger partial charge >= 0.3 is 11.9 Å². The zero-order chi connectivity index (χ0) is 12.8. The van der Waals surface area contributed by atoms with Crippen LogP contribution in [0, 0.1) is 0 Å². The summed E-state index contributed by atoms with van der Waals surface area (Å²) in [6, 6.07) is 7.36. The van der Waals surface area contributed by atoms with Crippen molar-refractivity contribution >= 4 is 11.9 Å². The van der Waals surface area contributed by atoms with Crippen LogP contribution in [0.1, 0.15) is 5.56 Å². The van der Waals surface area contributed by atoms with E-state index in [2.05, 4.69) is 5.32 Å². The van der Waals surface area contributed by atoms with Gasteiger partial charge in [0.25, 0.3) is 0 Å². The van der Waals surface area contributed by atoms with E-state index in [1.54, 1.807) is 24.3 Å². The van der Waals surface area contributed by atoms with E-state index in [-0.39, 0.29) is 6.54 Å². The quantitative estimate of drug-likeness (QED) is 0.541. The Bertz CT molecular complexity index is 392. The van der Waals surface area contributed by atoms with Crippen LogP contribution in [0.4, 0.5) is 0 Å². The first kappa shape index (κ1) is 13.1. The highest BCUT2D eigenvalue weighted by molar-refractivity contribution is 5.84. The van der Waals surface area contributed by atoms with E-state index in [1.165, 1.54) is 0 Å². The molecule has 0 amide bonds. The Kier molecular flexibility index (Phi) is 4.62. The lowest BCUT2D eigenvalue weighted by molar-refractivity contribution is -0.156. The fourth-order valence-electron chi connectivity index (χ4n) is 1.30. The van der Waals surface area contributed by atoms with E-state index < -0.39 is 24.1 Å². The maximum absolute atomic E-state index is 10.8. The van der Waals surface area contributed by atoms with Crippen LogP contribution < -0.4 is 5.32 Å². The number of carboxylic acid groups (broad SMARTS) is 2. The van der Waals surface area contributed by atoms with Crippen LogP contribution >= 0.6 is 0 Å². The van der Waals surface area contributed by atoms with Gasteiger partial charge in [-0.25, -0.2) is 4.79 Å². The van der Waals surface area contributed by atoms with Gasteiger partial charge in [0.05, 0.1) is 0 Å². The number of carbonyl (C=O) groups is 2. The van der Waals surface area contributed by atoms with Crippen molar-refractivity contribution in [2.75, 3.05) is 0 Å². The van der Waals surface area contributed by atoms with Crippen LogP contribution in [0.3, 0.4) is 0 Å². The van der Waals surface area contributed by atoms with Crippen molar-refractivity contribution in [2.24, 2.45) is 0 Å². The van der Waals surface area contributed by atoms with E-state index in [4.69, 9.17) is 10.2 Å². The lowest BCUT2D eigenvalue weighted by Gasteiger charge is -2.17. The van der Waals surface area contributed by atoms with Crippen molar-refractivity contribution in [2.45, 2.75) is 18.7 Å². The summed E-state index contributed by atoms with van der Waals surface area (Å²) in [4.78, 5) is 21.3. The van der Waals surface area contributed by atoms with Crippen molar-refractivity contribution in [3.05, 3.63) is 35.9 Å². The summed E-state index contributed by atoms with van der Waals surface area (Å²) in [5.41, 5.74) is 0.802. The van der Waals surface area contributed by atoms with Crippen LogP contribution in [0.2, 0.25) is 0 Å². The van der Waals surface area contributed by atoms with Crippen molar-refractivity contribution in [1.29, 1.82) is 0 Å². The Morgan fingerprint density at radius 2 is 1.71 bits per heavy atom. The SMILES string of the molecule is O=C(O)[C@H](O)[C@@H](NCc1ccccc1)C(=O)O. The molecule has 1 aromatic rings. The number of aliphatic hydroxyl groups is 1. The van der Waals surface area contributed by atoms with Crippen molar-refractivity contribution < 1.29 is 24.9 Å². The summed E-state index contributed by atoms with van der Waals surface area (Å²) < 4.78 is 0. The molecule has 17 heavy (non-hydrogen) atoms. The molecule has 0 heterocycles. The maximum Gasteiger partial charge on any atom is 0.334 e. The number of hydrogen-bond acceptors (Lipinski definition) is 4. The average molecular weight is 239 g/mol. The molecule has 0 saturated carbocycles. The molecule has 2 atom stereocenters. The van der Waals surface area contributed by atoms with Gasteiger partial charge in [0.15, 0.2) is 6.10 Å². The van der Waals surface area contributed by atoms with Crippen LogP contribution in [-0.4, -0.2) is 39.4 Å². The normalized spacial score (nSPS) is 13.9. The molecule has 0 spiro atoms. The molecule has 6 nitrogen and oxygen atoms in total. The predicted molar refractivity (Wildman–Crippen MR) is 58.3 cm³/mol. The Hall–Kier alpha value is -1.92. The molecule has 1 aromatic carbocycles. The minimum Gasteiger partial charge on any atom is -0.480 e. The molecular formula is C11H13NO5. The zero-order valence-electron chi connectivity index (χ0n) is 8.91. The monoisotopic (exact) mass is 239 g/mol. The number of aliphatic carboxylic acids is 2. The summed E-state index contributed by atoms with van der Waals surface area (Å²) in [7, 11) is 0. The standard InChI is InChI=1S/C11H13NO5/c13-9(11(16)17)8(10(14)15)12-6-7-4-2-1-3-5-7/h1-5,8-9,12-13H,6H2,(H,14,15)(H,16,17)/t8-,9-/m1/s1. The smallest absolute Gasteiger partial charge is 0.334 e. The Morgan fingerprint density at radius 3 is 2.18 bits per heavy atom. The summed E-state index contributed by atoms with van der Waals surface area (Å²) in [5.74, 6) is -2.98. The van der Waals surface area contributed by atoms with Gasteiger partial charge in [-0.3, -0.25) is 10.1 Å². The molecule has 4 N–H and O–H groups in total. The molecule has 0 unspecified atom stereocenters. The molecule has 0 aromatic heterocycles. The molecule has 6 heteroatoms. The first-order valence-corrected chi connectivity index (χ1v) is 4.93. The van der Waals surface area contributed by atoms with Crippen molar-refractivity contribution in [3.63, 3.8) is 0 Å². The molecule has 0 aliphatic carbocycles. The van der Waals surface area contributed by atoms with Gasteiger partial charge in [-0.05, 0) is 5.56 Å². The second kappa shape index (κ2) is 5.97. The van der Waals surface area contributed by atoms with Crippen LogP contribution in [0.5, 0.6) is 0 Å². The lowest BCUT2D eigenvalue weighted by Crippen LogP contribution is -2.49. The van der Waals surface area contributed by atoms with E-state index in [1.807, 2.05) is 6.07 Å². The predicted octanol–water partition coefficient (Wildman–Crippen LogP) is -0.325. The highest BCUT2D eigenvalue weighted by Gasteiger charge is 2.31. The molecule has 0 radical (unpaired) electrons. The third kappa shape index (κ3) is 3.86. The molecule has 1 rings (SSSR count). The average Bonchev–Trinajstić information content (AvgIpc) is 2.29. The number of carboxylic acids is 2. The molecule has 0 fully saturated rings. The second-order valence-corrected chi connectivity index (χ2v) is 3.47. The lowest BCUT2D eigenvalue weighted by atomic mass is 10.1. The summed E-state index contributed by atoms with van der Waals surface area (Å²) in [6.45, 7) is 0.169. The number of aliphatic hydroxyl groups excluding tert-OH is 1. The third-order valence-electron chi connectivity index (χ3n) is 2.20. The Labute approximate surface area is 97.5 Å². The topological polar surface area (TPSA) is 107 Å². The van der Waals surface area contributed by atoms with E-state index in [0.717, 1.165) is 5.56 Å². The van der Waals surface area contributed by atoms with Crippen molar-refractivity contribution in [3.8, 4) is 0 Å². The molecule has 0 saturated heterocycles. The van der Waals surface area contributed by atoms with Gasteiger partial charge in [-0.15, -0.1) is 0 Å². The summed E-state index contributed by atoms with van der Waals surface area (Å²) >= 11 is 0. The van der Waals surface area contributed by atoms with Crippen LogP contribution in [-0.2, 0) is 16.1 Å².